The maximum Gasteiger partial charge on any atom is 0.119 e. The second-order valence-corrected chi connectivity index (χ2v) is 3.62. The standard InChI is InChI=1S/C12H15N3O2/c1-16-7-8-5-12(15-13)10-6-9(17-2)3-4-11(10)14-8/h3-6H,7,13H2,1-2H3,(H,14,15). The molecule has 1 aromatic heterocycles. The van der Waals surface area contributed by atoms with Crippen LogP contribution in [0.2, 0.25) is 0 Å². The van der Waals surface area contributed by atoms with E-state index in [1.165, 1.54) is 0 Å². The SMILES string of the molecule is COCc1cc(NN)c2cc(OC)ccc2n1. The Balaban J connectivity index is 2.60. The Morgan fingerprint density at radius 3 is 2.76 bits per heavy atom. The molecule has 5 nitrogen and oxygen atoms in total. The molecule has 0 aliphatic rings. The number of nitrogen functional groups attached to an aromatic ring is 1. The summed E-state index contributed by atoms with van der Waals surface area (Å²) in [6, 6.07) is 7.53. The van der Waals surface area contributed by atoms with E-state index in [0.29, 0.717) is 6.61 Å². The molecular formula is C12H15N3O2. The van der Waals surface area contributed by atoms with Crippen molar-refractivity contribution in [2.75, 3.05) is 19.6 Å². The van der Waals surface area contributed by atoms with Crippen LogP contribution in [0.15, 0.2) is 24.3 Å². The summed E-state index contributed by atoms with van der Waals surface area (Å²) in [6.45, 7) is 0.455. The largest absolute Gasteiger partial charge is 0.497 e. The van der Waals surface area contributed by atoms with Gasteiger partial charge in [0.2, 0.25) is 0 Å². The maximum absolute atomic E-state index is 5.51. The summed E-state index contributed by atoms with van der Waals surface area (Å²) in [5.74, 6) is 6.29. The van der Waals surface area contributed by atoms with Gasteiger partial charge >= 0.3 is 0 Å². The van der Waals surface area contributed by atoms with Crippen LogP contribution in [0.3, 0.4) is 0 Å². The Hall–Kier alpha value is -1.85. The molecule has 5 heteroatoms. The van der Waals surface area contributed by atoms with Gasteiger partial charge in [-0.1, -0.05) is 0 Å². The molecule has 0 spiro atoms. The lowest BCUT2D eigenvalue weighted by Gasteiger charge is -2.09. The molecule has 1 heterocycles. The summed E-state index contributed by atoms with van der Waals surface area (Å²) in [5.41, 5.74) is 5.16. The molecule has 90 valence electrons. The number of hydrazine groups is 1. The van der Waals surface area contributed by atoms with Crippen LogP contribution in [0.5, 0.6) is 5.75 Å². The number of hydrogen-bond acceptors (Lipinski definition) is 5. The molecule has 0 fully saturated rings. The molecule has 0 aliphatic carbocycles. The Morgan fingerprint density at radius 1 is 1.29 bits per heavy atom. The van der Waals surface area contributed by atoms with Crippen LogP contribution < -0.4 is 16.0 Å². The highest BCUT2D eigenvalue weighted by molar-refractivity contribution is 5.92. The highest BCUT2D eigenvalue weighted by Gasteiger charge is 2.06. The number of rotatable bonds is 4. The van der Waals surface area contributed by atoms with Crippen molar-refractivity contribution in [1.29, 1.82) is 0 Å². The van der Waals surface area contributed by atoms with Crippen molar-refractivity contribution in [2.45, 2.75) is 6.61 Å². The number of hydrogen-bond donors (Lipinski definition) is 2. The van der Waals surface area contributed by atoms with Crippen LogP contribution in [0.4, 0.5) is 5.69 Å². The number of nitrogens with two attached hydrogens (primary N) is 1. The fraction of sp³-hybridized carbons (Fsp3) is 0.250. The van der Waals surface area contributed by atoms with Gasteiger partial charge in [-0.2, -0.15) is 0 Å². The Morgan fingerprint density at radius 2 is 2.12 bits per heavy atom. The summed E-state index contributed by atoms with van der Waals surface area (Å²) in [6.07, 6.45) is 0. The lowest BCUT2D eigenvalue weighted by molar-refractivity contribution is 0.182. The van der Waals surface area contributed by atoms with Gasteiger partial charge in [0.1, 0.15) is 5.75 Å². The summed E-state index contributed by atoms with van der Waals surface area (Å²) < 4.78 is 10.2. The van der Waals surface area contributed by atoms with E-state index >= 15 is 0 Å². The van der Waals surface area contributed by atoms with E-state index in [9.17, 15) is 0 Å². The lowest BCUT2D eigenvalue weighted by Crippen LogP contribution is -2.08. The molecule has 17 heavy (non-hydrogen) atoms. The van der Waals surface area contributed by atoms with E-state index in [4.69, 9.17) is 15.3 Å². The number of anilines is 1. The van der Waals surface area contributed by atoms with Gasteiger partial charge in [-0.3, -0.25) is 10.8 Å². The van der Waals surface area contributed by atoms with Crippen molar-refractivity contribution in [2.24, 2.45) is 5.84 Å². The monoisotopic (exact) mass is 233 g/mol. The molecule has 0 unspecified atom stereocenters. The molecule has 0 aliphatic heterocycles. The molecule has 0 saturated heterocycles. The summed E-state index contributed by atoms with van der Waals surface area (Å²) >= 11 is 0. The van der Waals surface area contributed by atoms with E-state index in [1.54, 1.807) is 14.2 Å². The number of nitrogens with one attached hydrogen (secondary N) is 1. The third kappa shape index (κ3) is 2.30. The molecule has 0 saturated carbocycles. The van der Waals surface area contributed by atoms with Gasteiger partial charge in [0, 0.05) is 12.5 Å². The Labute approximate surface area is 99.5 Å². The summed E-state index contributed by atoms with van der Waals surface area (Å²) in [7, 11) is 3.26. The first-order valence-electron chi connectivity index (χ1n) is 5.21. The maximum atomic E-state index is 5.51. The molecule has 3 N–H and O–H groups in total. The van der Waals surface area contributed by atoms with E-state index < -0.39 is 0 Å². The van der Waals surface area contributed by atoms with Crippen LogP contribution in [0.25, 0.3) is 10.9 Å². The van der Waals surface area contributed by atoms with Gasteiger partial charge < -0.3 is 14.9 Å². The van der Waals surface area contributed by atoms with Gasteiger partial charge in [-0.05, 0) is 24.3 Å². The average Bonchev–Trinajstić information content (AvgIpc) is 2.37. The summed E-state index contributed by atoms with van der Waals surface area (Å²) in [4.78, 5) is 4.47. The van der Waals surface area contributed by atoms with Gasteiger partial charge in [0.15, 0.2) is 0 Å². The van der Waals surface area contributed by atoms with Crippen LogP contribution in [-0.2, 0) is 11.3 Å². The van der Waals surface area contributed by atoms with Crippen molar-refractivity contribution in [1.82, 2.24) is 4.98 Å². The van der Waals surface area contributed by atoms with Gasteiger partial charge in [-0.15, -0.1) is 0 Å². The smallest absolute Gasteiger partial charge is 0.119 e. The third-order valence-electron chi connectivity index (χ3n) is 2.52. The number of nitrogens with zero attached hydrogens (tertiary/aromatic N) is 1. The fourth-order valence-electron chi connectivity index (χ4n) is 1.73. The molecule has 0 atom stereocenters. The lowest BCUT2D eigenvalue weighted by atomic mass is 10.1. The minimum atomic E-state index is 0.455. The van der Waals surface area contributed by atoms with Crippen molar-refractivity contribution in [3.8, 4) is 5.75 Å². The van der Waals surface area contributed by atoms with E-state index in [1.807, 2.05) is 24.3 Å². The van der Waals surface area contributed by atoms with Crippen LogP contribution in [0.1, 0.15) is 5.69 Å². The predicted molar refractivity (Wildman–Crippen MR) is 66.8 cm³/mol. The zero-order valence-corrected chi connectivity index (χ0v) is 9.86. The number of methoxy groups -OCH3 is 2. The van der Waals surface area contributed by atoms with Crippen LogP contribution >= 0.6 is 0 Å². The van der Waals surface area contributed by atoms with Crippen molar-refractivity contribution in [3.63, 3.8) is 0 Å². The first-order chi connectivity index (χ1) is 8.28. The van der Waals surface area contributed by atoms with Crippen molar-refractivity contribution >= 4 is 16.6 Å². The normalized spacial score (nSPS) is 10.5. The molecule has 2 rings (SSSR count). The minimum absolute atomic E-state index is 0.455. The Bertz CT molecular complexity index is 528. The number of benzene rings is 1. The molecule has 0 bridgehead atoms. The van der Waals surface area contributed by atoms with E-state index in [0.717, 1.165) is 28.0 Å². The quantitative estimate of drug-likeness (QED) is 0.621. The highest BCUT2D eigenvalue weighted by Crippen LogP contribution is 2.26. The van der Waals surface area contributed by atoms with Crippen molar-refractivity contribution in [3.05, 3.63) is 30.0 Å². The van der Waals surface area contributed by atoms with E-state index in [-0.39, 0.29) is 0 Å². The zero-order chi connectivity index (χ0) is 12.3. The molecule has 1 aromatic carbocycles. The average molecular weight is 233 g/mol. The first kappa shape index (κ1) is 11.6. The van der Waals surface area contributed by atoms with Crippen molar-refractivity contribution < 1.29 is 9.47 Å². The van der Waals surface area contributed by atoms with E-state index in [2.05, 4.69) is 10.4 Å². The topological polar surface area (TPSA) is 69.4 Å². The number of ether oxygens (including phenoxy) is 2. The van der Waals surface area contributed by atoms with Gasteiger partial charge in [-0.25, -0.2) is 0 Å². The second-order valence-electron chi connectivity index (χ2n) is 3.62. The van der Waals surface area contributed by atoms with Gasteiger partial charge in [0.05, 0.1) is 30.6 Å². The zero-order valence-electron chi connectivity index (χ0n) is 9.86. The minimum Gasteiger partial charge on any atom is -0.497 e. The summed E-state index contributed by atoms with van der Waals surface area (Å²) in [5, 5.41) is 0.923. The molecule has 0 radical (unpaired) electrons. The molecule has 2 aromatic rings. The number of fused-ring (bicyclic) bond motifs is 1. The van der Waals surface area contributed by atoms with Gasteiger partial charge in [0.25, 0.3) is 0 Å². The Kier molecular flexibility index (Phi) is 3.41. The second kappa shape index (κ2) is 4.99. The number of aromatic nitrogens is 1. The molecular weight excluding hydrogens is 218 g/mol. The molecule has 0 amide bonds. The predicted octanol–water partition coefficient (Wildman–Crippen LogP) is 1.68. The van der Waals surface area contributed by atoms with Crippen LogP contribution in [-0.4, -0.2) is 19.2 Å². The number of pyridine rings is 1. The fourth-order valence-corrected chi connectivity index (χ4v) is 1.73. The first-order valence-corrected chi connectivity index (χ1v) is 5.21. The third-order valence-corrected chi connectivity index (χ3v) is 2.52. The van der Waals surface area contributed by atoms with Crippen LogP contribution in [0, 0.1) is 0 Å². The highest BCUT2D eigenvalue weighted by atomic mass is 16.5.